The average molecular weight is 385 g/mol. The molecule has 3 rings (SSSR count). The Morgan fingerprint density at radius 3 is 2.57 bits per heavy atom. The van der Waals surface area contributed by atoms with Crippen LogP contribution >= 0.6 is 0 Å². The van der Waals surface area contributed by atoms with Gasteiger partial charge in [-0.15, -0.1) is 0 Å². The fourth-order valence-corrected chi connectivity index (χ4v) is 3.97. The molecule has 1 N–H and O–H groups in total. The predicted molar refractivity (Wildman–Crippen MR) is 105 cm³/mol. The fraction of sp³-hybridized carbons (Fsp3) is 0.455. The first-order valence-electron chi connectivity index (χ1n) is 9.50. The molecule has 0 bridgehead atoms. The van der Waals surface area contributed by atoms with Gasteiger partial charge < -0.3 is 19.5 Å². The molecule has 2 unspecified atom stereocenters. The number of Topliss-reactive ketones (excluding diaryl/α,β-unsaturated/α-hetero) is 1. The van der Waals surface area contributed by atoms with E-state index in [0.29, 0.717) is 35.6 Å². The largest absolute Gasteiger partial charge is 0.497 e. The van der Waals surface area contributed by atoms with E-state index in [2.05, 4.69) is 5.32 Å². The third kappa shape index (κ3) is 3.63. The summed E-state index contributed by atoms with van der Waals surface area (Å²) in [5.41, 5.74) is 2.78. The van der Waals surface area contributed by atoms with Crippen LogP contribution in [0.4, 0.5) is 0 Å². The lowest BCUT2D eigenvalue weighted by atomic mass is 9.70. The highest BCUT2D eigenvalue weighted by Gasteiger charge is 2.44. The summed E-state index contributed by atoms with van der Waals surface area (Å²) in [5.74, 6) is -0.0312. The molecule has 150 valence electrons. The van der Waals surface area contributed by atoms with Crippen LogP contribution in [0.25, 0.3) is 0 Å². The van der Waals surface area contributed by atoms with Gasteiger partial charge in [-0.2, -0.15) is 0 Å². The molecular formula is C22H27NO5. The molecule has 0 saturated heterocycles. The van der Waals surface area contributed by atoms with Crippen LogP contribution in [0.15, 0.2) is 41.2 Å². The van der Waals surface area contributed by atoms with E-state index in [0.717, 1.165) is 11.3 Å². The van der Waals surface area contributed by atoms with Crippen molar-refractivity contribution in [3.63, 3.8) is 0 Å². The van der Waals surface area contributed by atoms with Crippen molar-refractivity contribution in [1.29, 1.82) is 0 Å². The van der Waals surface area contributed by atoms with Crippen LogP contribution < -0.4 is 14.8 Å². The van der Waals surface area contributed by atoms with E-state index in [9.17, 15) is 9.59 Å². The van der Waals surface area contributed by atoms with Crippen molar-refractivity contribution >= 4 is 11.8 Å². The summed E-state index contributed by atoms with van der Waals surface area (Å²) in [7, 11) is 3.15. The number of hydrogen-bond donors (Lipinski definition) is 1. The summed E-state index contributed by atoms with van der Waals surface area (Å²) in [6.45, 7) is 5.46. The molecule has 0 aromatic heterocycles. The van der Waals surface area contributed by atoms with Crippen molar-refractivity contribution in [3.05, 3.63) is 46.8 Å². The van der Waals surface area contributed by atoms with Gasteiger partial charge in [0, 0.05) is 35.4 Å². The molecule has 6 nitrogen and oxygen atoms in total. The molecule has 1 heterocycles. The van der Waals surface area contributed by atoms with E-state index in [1.54, 1.807) is 20.3 Å². The van der Waals surface area contributed by atoms with Crippen LogP contribution in [0.3, 0.4) is 0 Å². The Morgan fingerprint density at radius 1 is 1.18 bits per heavy atom. The van der Waals surface area contributed by atoms with Crippen LogP contribution in [-0.4, -0.2) is 32.1 Å². The third-order valence-corrected chi connectivity index (χ3v) is 5.16. The van der Waals surface area contributed by atoms with Gasteiger partial charge in [-0.1, -0.05) is 12.1 Å². The Bertz CT molecular complexity index is 852. The van der Waals surface area contributed by atoms with Crippen LogP contribution in [0.5, 0.6) is 11.5 Å². The molecular weight excluding hydrogens is 358 g/mol. The summed E-state index contributed by atoms with van der Waals surface area (Å²) < 4.78 is 16.4. The third-order valence-electron chi connectivity index (χ3n) is 5.16. The van der Waals surface area contributed by atoms with Gasteiger partial charge in [0.15, 0.2) is 0 Å². The number of rotatable bonds is 5. The Kier molecular flexibility index (Phi) is 5.77. The van der Waals surface area contributed by atoms with Crippen molar-refractivity contribution in [2.45, 2.75) is 45.6 Å². The number of fused-ring (bicyclic) bond motifs is 1. The molecule has 2 atom stereocenters. The first kappa shape index (κ1) is 20.0. The molecule has 0 radical (unpaired) electrons. The number of carbonyl (C=O) groups is 2. The van der Waals surface area contributed by atoms with Crippen LogP contribution in [0.2, 0.25) is 0 Å². The minimum atomic E-state index is -0.479. The topological polar surface area (TPSA) is 73.9 Å². The van der Waals surface area contributed by atoms with Gasteiger partial charge in [0.2, 0.25) is 0 Å². The van der Waals surface area contributed by atoms with Crippen LogP contribution in [0.1, 0.15) is 45.1 Å². The summed E-state index contributed by atoms with van der Waals surface area (Å²) in [5, 5.41) is 3.27. The van der Waals surface area contributed by atoms with Gasteiger partial charge in [0.05, 0.1) is 31.8 Å². The number of methoxy groups -OCH3 is 2. The van der Waals surface area contributed by atoms with Gasteiger partial charge in [0.25, 0.3) is 0 Å². The normalized spacial score (nSPS) is 21.6. The second-order valence-electron chi connectivity index (χ2n) is 7.35. The van der Waals surface area contributed by atoms with Gasteiger partial charge in [-0.05, 0) is 33.3 Å². The summed E-state index contributed by atoms with van der Waals surface area (Å²) in [6.07, 6.45) is 2.94. The minimum Gasteiger partial charge on any atom is -0.497 e. The SMILES string of the molecule is COc1ccc(C2C(C(=O)OC(C)C)=C(C)NC3=CCCC(=O)C32)c(OC)c1. The second-order valence-corrected chi connectivity index (χ2v) is 7.35. The van der Waals surface area contributed by atoms with Crippen molar-refractivity contribution in [1.82, 2.24) is 5.32 Å². The van der Waals surface area contributed by atoms with E-state index >= 15 is 0 Å². The van der Waals surface area contributed by atoms with E-state index < -0.39 is 17.8 Å². The number of ether oxygens (including phenoxy) is 3. The monoisotopic (exact) mass is 385 g/mol. The summed E-state index contributed by atoms with van der Waals surface area (Å²) in [4.78, 5) is 25.9. The summed E-state index contributed by atoms with van der Waals surface area (Å²) in [6, 6.07) is 5.45. The molecule has 0 amide bonds. The second kappa shape index (κ2) is 8.09. The highest BCUT2D eigenvalue weighted by atomic mass is 16.5. The standard InChI is InChI=1S/C22H27NO5/c1-12(2)28-22(25)19-13(3)23-16-7-6-8-17(24)21(16)20(19)15-10-9-14(26-4)11-18(15)27-5/h7,9-12,20-21,23H,6,8H2,1-5H3. The van der Waals surface area contributed by atoms with Crippen molar-refractivity contribution < 1.29 is 23.8 Å². The number of hydrogen-bond acceptors (Lipinski definition) is 6. The van der Waals surface area contributed by atoms with Gasteiger partial charge >= 0.3 is 5.97 Å². The van der Waals surface area contributed by atoms with Crippen LogP contribution in [0, 0.1) is 5.92 Å². The molecule has 0 fully saturated rings. The molecule has 0 saturated carbocycles. The van der Waals surface area contributed by atoms with E-state index in [-0.39, 0.29) is 11.9 Å². The van der Waals surface area contributed by atoms with E-state index in [4.69, 9.17) is 14.2 Å². The summed E-state index contributed by atoms with van der Waals surface area (Å²) >= 11 is 0. The minimum absolute atomic E-state index is 0.107. The Balaban J connectivity index is 2.20. The smallest absolute Gasteiger partial charge is 0.336 e. The number of carbonyl (C=O) groups excluding carboxylic acids is 2. The molecule has 1 aromatic carbocycles. The zero-order chi connectivity index (χ0) is 20.4. The lowest BCUT2D eigenvalue weighted by Crippen LogP contribution is -2.41. The van der Waals surface area contributed by atoms with Crippen LogP contribution in [-0.2, 0) is 14.3 Å². The number of esters is 1. The Labute approximate surface area is 165 Å². The maximum absolute atomic E-state index is 13.0. The number of allylic oxidation sites excluding steroid dienone is 3. The zero-order valence-electron chi connectivity index (χ0n) is 17.0. The first-order valence-corrected chi connectivity index (χ1v) is 9.50. The van der Waals surface area contributed by atoms with Crippen molar-refractivity contribution in [2.75, 3.05) is 14.2 Å². The van der Waals surface area contributed by atoms with Crippen molar-refractivity contribution in [2.24, 2.45) is 5.92 Å². The molecule has 2 aliphatic rings. The molecule has 1 aliphatic carbocycles. The molecule has 1 aromatic rings. The highest BCUT2D eigenvalue weighted by molar-refractivity contribution is 5.96. The number of ketones is 1. The predicted octanol–water partition coefficient (Wildman–Crippen LogP) is 3.48. The molecule has 0 spiro atoms. The molecule has 28 heavy (non-hydrogen) atoms. The maximum Gasteiger partial charge on any atom is 0.336 e. The maximum atomic E-state index is 13.0. The average Bonchev–Trinajstić information content (AvgIpc) is 2.65. The van der Waals surface area contributed by atoms with Crippen molar-refractivity contribution in [3.8, 4) is 11.5 Å². The quantitative estimate of drug-likeness (QED) is 0.783. The lowest BCUT2D eigenvalue weighted by molar-refractivity contribution is -0.143. The Hall–Kier alpha value is -2.76. The van der Waals surface area contributed by atoms with E-state index in [1.807, 2.05) is 39.0 Å². The molecule has 6 heteroatoms. The lowest BCUT2D eigenvalue weighted by Gasteiger charge is -2.38. The van der Waals surface area contributed by atoms with E-state index in [1.165, 1.54) is 0 Å². The van der Waals surface area contributed by atoms with Gasteiger partial charge in [-0.25, -0.2) is 4.79 Å². The Morgan fingerprint density at radius 2 is 1.93 bits per heavy atom. The molecule has 1 aliphatic heterocycles. The zero-order valence-corrected chi connectivity index (χ0v) is 17.0. The number of nitrogens with one attached hydrogen (secondary N) is 1. The fourth-order valence-electron chi connectivity index (χ4n) is 3.97. The van der Waals surface area contributed by atoms with Gasteiger partial charge in [0.1, 0.15) is 17.3 Å². The number of benzene rings is 1. The van der Waals surface area contributed by atoms with Gasteiger partial charge in [-0.3, -0.25) is 4.79 Å². The first-order chi connectivity index (χ1) is 13.4. The highest BCUT2D eigenvalue weighted by Crippen LogP contribution is 2.47.